The van der Waals surface area contributed by atoms with Gasteiger partial charge in [-0.3, -0.25) is 4.79 Å². The molecule has 0 aliphatic heterocycles. The fraction of sp³-hybridized carbons (Fsp3) is 0.176. The van der Waals surface area contributed by atoms with Gasteiger partial charge in [-0.25, -0.2) is 14.8 Å². The lowest BCUT2D eigenvalue weighted by atomic mass is 10.2. The van der Waals surface area contributed by atoms with E-state index in [1.165, 1.54) is 6.92 Å². The van der Waals surface area contributed by atoms with E-state index >= 15 is 0 Å². The van der Waals surface area contributed by atoms with E-state index in [1.54, 1.807) is 26.0 Å². The van der Waals surface area contributed by atoms with E-state index in [9.17, 15) is 14.7 Å². The molecular weight excluding hydrogens is 340 g/mol. The number of aromatic carboxylic acids is 1. The fourth-order valence-corrected chi connectivity index (χ4v) is 3.62. The van der Waals surface area contributed by atoms with Crippen LogP contribution in [0.15, 0.2) is 24.3 Å². The van der Waals surface area contributed by atoms with Crippen molar-refractivity contribution < 1.29 is 14.7 Å². The van der Waals surface area contributed by atoms with Gasteiger partial charge in [-0.05, 0) is 37.6 Å². The van der Waals surface area contributed by atoms with Crippen LogP contribution in [-0.2, 0) is 4.79 Å². The number of nitrogens with one attached hydrogen (secondary N) is 2. The molecule has 1 amide bonds. The maximum atomic E-state index is 11.4. The largest absolute Gasteiger partial charge is 0.477 e. The van der Waals surface area contributed by atoms with E-state index in [1.807, 2.05) is 12.1 Å². The van der Waals surface area contributed by atoms with Crippen molar-refractivity contribution in [2.24, 2.45) is 0 Å². The first-order chi connectivity index (χ1) is 11.8. The van der Waals surface area contributed by atoms with Gasteiger partial charge in [0.05, 0.1) is 5.39 Å². The van der Waals surface area contributed by atoms with Crippen molar-refractivity contribution in [1.82, 2.24) is 9.97 Å². The smallest absolute Gasteiger partial charge is 0.346 e. The van der Waals surface area contributed by atoms with E-state index in [4.69, 9.17) is 0 Å². The van der Waals surface area contributed by atoms with Gasteiger partial charge < -0.3 is 15.7 Å². The number of thiophene rings is 1. The zero-order valence-corrected chi connectivity index (χ0v) is 14.7. The minimum Gasteiger partial charge on any atom is -0.477 e. The Bertz CT molecular complexity index is 997. The molecule has 0 aliphatic carbocycles. The van der Waals surface area contributed by atoms with Gasteiger partial charge in [0.15, 0.2) is 0 Å². The summed E-state index contributed by atoms with van der Waals surface area (Å²) in [7, 11) is 0. The molecule has 3 N–H and O–H groups in total. The average Bonchev–Trinajstić information content (AvgIpc) is 2.84. The van der Waals surface area contributed by atoms with Crippen LogP contribution in [0.4, 0.5) is 17.2 Å². The standard InChI is InChI=1S/C17H16N4O3S/c1-8-13-15(18-9(2)19-16(13)25-14(8)17(23)24)21-12-6-4-5-11(7-12)20-10(3)22/h4-7H,1-3H3,(H,20,22)(H,23,24)(H,18,19,21). The Hall–Kier alpha value is -3.00. The number of hydrogen-bond acceptors (Lipinski definition) is 6. The summed E-state index contributed by atoms with van der Waals surface area (Å²) >= 11 is 1.13. The molecule has 0 saturated carbocycles. The third-order valence-electron chi connectivity index (χ3n) is 3.54. The summed E-state index contributed by atoms with van der Waals surface area (Å²) < 4.78 is 0. The molecule has 0 fully saturated rings. The molecule has 0 radical (unpaired) electrons. The first kappa shape index (κ1) is 16.8. The predicted octanol–water partition coefficient (Wildman–Crippen LogP) is 3.71. The number of aromatic nitrogens is 2. The number of carboxylic acid groups (broad SMARTS) is 1. The fourth-order valence-electron chi connectivity index (χ4n) is 2.55. The second-order valence-corrected chi connectivity index (χ2v) is 6.55. The summed E-state index contributed by atoms with van der Waals surface area (Å²) in [5.74, 6) is -0.0381. The minimum atomic E-state index is -0.975. The summed E-state index contributed by atoms with van der Waals surface area (Å²) in [4.78, 5) is 32.3. The first-order valence-electron chi connectivity index (χ1n) is 7.51. The molecule has 0 spiro atoms. The number of benzene rings is 1. The van der Waals surface area contributed by atoms with Crippen LogP contribution < -0.4 is 10.6 Å². The van der Waals surface area contributed by atoms with Gasteiger partial charge in [0.1, 0.15) is 21.3 Å². The second kappa shape index (κ2) is 6.48. The molecule has 0 saturated heterocycles. The third-order valence-corrected chi connectivity index (χ3v) is 4.72. The Labute approximate surface area is 147 Å². The quantitative estimate of drug-likeness (QED) is 0.658. The minimum absolute atomic E-state index is 0.155. The molecule has 0 unspecified atom stereocenters. The zero-order chi connectivity index (χ0) is 18.1. The normalized spacial score (nSPS) is 10.7. The summed E-state index contributed by atoms with van der Waals surface area (Å²) in [6.07, 6.45) is 0. The van der Waals surface area contributed by atoms with E-state index in [0.29, 0.717) is 33.1 Å². The van der Waals surface area contributed by atoms with Crippen LogP contribution in [0.5, 0.6) is 0 Å². The van der Waals surface area contributed by atoms with Crippen LogP contribution in [0.2, 0.25) is 0 Å². The molecule has 8 heteroatoms. The Morgan fingerprint density at radius 3 is 2.56 bits per heavy atom. The molecule has 1 aromatic carbocycles. The molecule has 2 aromatic heterocycles. The maximum absolute atomic E-state index is 11.4. The lowest BCUT2D eigenvalue weighted by Crippen LogP contribution is -2.06. The van der Waals surface area contributed by atoms with Crippen LogP contribution in [0.3, 0.4) is 0 Å². The van der Waals surface area contributed by atoms with Gasteiger partial charge in [0.2, 0.25) is 5.91 Å². The lowest BCUT2D eigenvalue weighted by Gasteiger charge is -2.10. The summed E-state index contributed by atoms with van der Waals surface area (Å²) in [6, 6.07) is 7.21. The molecule has 25 heavy (non-hydrogen) atoms. The van der Waals surface area contributed by atoms with Crippen molar-refractivity contribution in [2.45, 2.75) is 20.8 Å². The number of carbonyl (C=O) groups excluding carboxylic acids is 1. The number of rotatable bonds is 4. The molecule has 0 aliphatic rings. The summed E-state index contributed by atoms with van der Waals surface area (Å²) in [6.45, 7) is 4.95. The summed E-state index contributed by atoms with van der Waals surface area (Å²) in [5.41, 5.74) is 2.02. The van der Waals surface area contributed by atoms with E-state index in [2.05, 4.69) is 20.6 Å². The molecule has 2 heterocycles. The highest BCUT2D eigenvalue weighted by molar-refractivity contribution is 7.20. The van der Waals surface area contributed by atoms with E-state index < -0.39 is 5.97 Å². The van der Waals surface area contributed by atoms with Crippen molar-refractivity contribution in [1.29, 1.82) is 0 Å². The third kappa shape index (κ3) is 3.43. The van der Waals surface area contributed by atoms with E-state index in [-0.39, 0.29) is 10.8 Å². The summed E-state index contributed by atoms with van der Waals surface area (Å²) in [5, 5.41) is 16.0. The molecule has 128 valence electrons. The number of fused-ring (bicyclic) bond motifs is 1. The average molecular weight is 356 g/mol. The number of anilines is 3. The van der Waals surface area contributed by atoms with Crippen LogP contribution in [0.1, 0.15) is 28.0 Å². The van der Waals surface area contributed by atoms with Crippen molar-refractivity contribution in [3.05, 3.63) is 40.5 Å². The number of hydrogen-bond donors (Lipinski definition) is 3. The van der Waals surface area contributed by atoms with Gasteiger partial charge in [-0.1, -0.05) is 6.07 Å². The van der Waals surface area contributed by atoms with Crippen LogP contribution in [-0.4, -0.2) is 27.0 Å². The Morgan fingerprint density at radius 2 is 1.88 bits per heavy atom. The van der Waals surface area contributed by atoms with Gasteiger partial charge in [-0.15, -0.1) is 11.3 Å². The molecule has 0 atom stereocenters. The first-order valence-corrected chi connectivity index (χ1v) is 8.32. The van der Waals surface area contributed by atoms with Crippen molar-refractivity contribution >= 4 is 50.6 Å². The van der Waals surface area contributed by atoms with Crippen molar-refractivity contribution in [3.8, 4) is 0 Å². The van der Waals surface area contributed by atoms with Crippen LogP contribution in [0, 0.1) is 13.8 Å². The highest BCUT2D eigenvalue weighted by Crippen LogP contribution is 2.35. The predicted molar refractivity (Wildman–Crippen MR) is 97.9 cm³/mol. The highest BCUT2D eigenvalue weighted by atomic mass is 32.1. The number of amides is 1. The molecule has 0 bridgehead atoms. The molecule has 7 nitrogen and oxygen atoms in total. The lowest BCUT2D eigenvalue weighted by molar-refractivity contribution is -0.114. The van der Waals surface area contributed by atoms with Crippen molar-refractivity contribution in [3.63, 3.8) is 0 Å². The van der Waals surface area contributed by atoms with Gasteiger partial charge in [-0.2, -0.15) is 0 Å². The van der Waals surface area contributed by atoms with Gasteiger partial charge in [0, 0.05) is 18.3 Å². The number of nitrogens with zero attached hydrogens (tertiary/aromatic N) is 2. The van der Waals surface area contributed by atoms with Crippen LogP contribution in [0.25, 0.3) is 10.2 Å². The molecular formula is C17H16N4O3S. The highest BCUT2D eigenvalue weighted by Gasteiger charge is 2.19. The number of carboxylic acids is 1. The Kier molecular flexibility index (Phi) is 4.37. The Morgan fingerprint density at radius 1 is 1.16 bits per heavy atom. The van der Waals surface area contributed by atoms with Crippen LogP contribution >= 0.6 is 11.3 Å². The SMILES string of the molecule is CC(=O)Nc1cccc(Nc2nc(C)nc3sc(C(=O)O)c(C)c23)c1. The second-order valence-electron chi connectivity index (χ2n) is 5.55. The van der Waals surface area contributed by atoms with Gasteiger partial charge >= 0.3 is 5.97 Å². The Balaban J connectivity index is 2.07. The van der Waals surface area contributed by atoms with Crippen molar-refractivity contribution in [2.75, 3.05) is 10.6 Å². The maximum Gasteiger partial charge on any atom is 0.346 e. The number of aryl methyl sites for hydroxylation is 2. The number of carbonyl (C=O) groups is 2. The van der Waals surface area contributed by atoms with E-state index in [0.717, 1.165) is 17.0 Å². The topological polar surface area (TPSA) is 104 Å². The zero-order valence-electron chi connectivity index (χ0n) is 13.9. The molecule has 3 aromatic rings. The molecule has 3 rings (SSSR count). The van der Waals surface area contributed by atoms with Gasteiger partial charge in [0.25, 0.3) is 0 Å². The monoisotopic (exact) mass is 356 g/mol.